The van der Waals surface area contributed by atoms with Crippen LogP contribution in [0.5, 0.6) is 0 Å². The Labute approximate surface area is 110 Å². The molecule has 0 spiro atoms. The highest BCUT2D eigenvalue weighted by molar-refractivity contribution is 5.79. The van der Waals surface area contributed by atoms with Crippen LogP contribution in [-0.4, -0.2) is 46.7 Å². The average molecular weight is 254 g/mol. The van der Waals surface area contributed by atoms with Gasteiger partial charge in [0.05, 0.1) is 0 Å². The Bertz CT molecular complexity index is 315. The largest absolute Gasteiger partial charge is 0.480 e. The maximum atomic E-state index is 11.7. The zero-order chi connectivity index (χ0) is 13.3. The lowest BCUT2D eigenvalue weighted by Gasteiger charge is -2.43. The van der Waals surface area contributed by atoms with Crippen LogP contribution in [0.2, 0.25) is 0 Å². The minimum Gasteiger partial charge on any atom is -0.480 e. The number of hydrogen-bond acceptors (Lipinski definition) is 3. The molecule has 0 aromatic heterocycles. The van der Waals surface area contributed by atoms with Crippen molar-refractivity contribution in [2.75, 3.05) is 7.05 Å². The molecule has 18 heavy (non-hydrogen) atoms. The van der Waals surface area contributed by atoms with Crippen LogP contribution >= 0.6 is 0 Å². The minimum absolute atomic E-state index is 0.390. The fourth-order valence-corrected chi connectivity index (χ4v) is 3.02. The van der Waals surface area contributed by atoms with Gasteiger partial charge in [-0.15, -0.1) is 0 Å². The first-order valence-corrected chi connectivity index (χ1v) is 7.17. The molecule has 2 N–H and O–H groups in total. The van der Waals surface area contributed by atoms with E-state index < -0.39 is 11.5 Å². The highest BCUT2D eigenvalue weighted by Crippen LogP contribution is 2.35. The molecule has 2 saturated carbocycles. The van der Waals surface area contributed by atoms with Gasteiger partial charge in [-0.3, -0.25) is 10.1 Å². The Morgan fingerprint density at radius 1 is 1.39 bits per heavy atom. The summed E-state index contributed by atoms with van der Waals surface area (Å²) >= 11 is 0. The Balaban J connectivity index is 2.07. The van der Waals surface area contributed by atoms with Crippen LogP contribution in [0.25, 0.3) is 0 Å². The number of aliphatic carboxylic acids is 1. The number of nitrogens with zero attached hydrogens (tertiary/aromatic N) is 1. The smallest absolute Gasteiger partial charge is 0.323 e. The van der Waals surface area contributed by atoms with Crippen molar-refractivity contribution in [1.29, 1.82) is 0 Å². The SMILES string of the molecule is CC(C)N(C)C1CCCC(NC2CC2)(C(=O)O)C1. The fourth-order valence-electron chi connectivity index (χ4n) is 3.02. The van der Waals surface area contributed by atoms with Crippen molar-refractivity contribution in [3.8, 4) is 0 Å². The van der Waals surface area contributed by atoms with Gasteiger partial charge in [-0.05, 0) is 59.4 Å². The number of rotatable bonds is 5. The molecule has 0 heterocycles. The van der Waals surface area contributed by atoms with E-state index in [1.165, 1.54) is 0 Å². The van der Waals surface area contributed by atoms with E-state index in [1.807, 2.05) is 0 Å². The van der Waals surface area contributed by atoms with Gasteiger partial charge in [0.2, 0.25) is 0 Å². The second-order valence-corrected chi connectivity index (χ2v) is 6.32. The molecule has 0 radical (unpaired) electrons. The molecule has 2 atom stereocenters. The Morgan fingerprint density at radius 3 is 2.56 bits per heavy atom. The van der Waals surface area contributed by atoms with Crippen molar-refractivity contribution in [3.63, 3.8) is 0 Å². The van der Waals surface area contributed by atoms with Crippen molar-refractivity contribution in [1.82, 2.24) is 10.2 Å². The molecule has 2 aliphatic rings. The zero-order valence-electron chi connectivity index (χ0n) is 11.8. The second-order valence-electron chi connectivity index (χ2n) is 6.32. The summed E-state index contributed by atoms with van der Waals surface area (Å²) in [6.07, 6.45) is 5.93. The van der Waals surface area contributed by atoms with Gasteiger partial charge in [0.25, 0.3) is 0 Å². The van der Waals surface area contributed by atoms with Gasteiger partial charge < -0.3 is 10.0 Å². The number of hydrogen-bond donors (Lipinski definition) is 2. The summed E-state index contributed by atoms with van der Waals surface area (Å²) in [5.74, 6) is -0.656. The van der Waals surface area contributed by atoms with Crippen molar-refractivity contribution in [2.24, 2.45) is 0 Å². The molecular formula is C14H26N2O2. The first-order chi connectivity index (χ1) is 8.44. The predicted octanol–water partition coefficient (Wildman–Crippen LogP) is 1.84. The summed E-state index contributed by atoms with van der Waals surface area (Å²) in [7, 11) is 2.12. The topological polar surface area (TPSA) is 52.6 Å². The van der Waals surface area contributed by atoms with Gasteiger partial charge in [-0.2, -0.15) is 0 Å². The van der Waals surface area contributed by atoms with E-state index in [9.17, 15) is 9.90 Å². The monoisotopic (exact) mass is 254 g/mol. The minimum atomic E-state index is -0.673. The van der Waals surface area contributed by atoms with Crippen molar-refractivity contribution in [2.45, 2.75) is 76.0 Å². The molecule has 0 bridgehead atoms. The Morgan fingerprint density at radius 2 is 2.06 bits per heavy atom. The summed E-state index contributed by atoms with van der Waals surface area (Å²) < 4.78 is 0. The van der Waals surface area contributed by atoms with Gasteiger partial charge >= 0.3 is 5.97 Å². The average Bonchev–Trinajstić information content (AvgIpc) is 3.11. The van der Waals surface area contributed by atoms with Crippen molar-refractivity contribution >= 4 is 5.97 Å². The summed E-state index contributed by atoms with van der Waals surface area (Å²) in [6, 6.07) is 1.31. The van der Waals surface area contributed by atoms with Crippen LogP contribution in [0.3, 0.4) is 0 Å². The van der Waals surface area contributed by atoms with E-state index >= 15 is 0 Å². The van der Waals surface area contributed by atoms with Crippen molar-refractivity contribution < 1.29 is 9.90 Å². The maximum Gasteiger partial charge on any atom is 0.323 e. The maximum absolute atomic E-state index is 11.7. The molecule has 0 amide bonds. The van der Waals surface area contributed by atoms with E-state index in [1.54, 1.807) is 0 Å². The van der Waals surface area contributed by atoms with Gasteiger partial charge in [0, 0.05) is 18.1 Å². The number of nitrogens with one attached hydrogen (secondary N) is 1. The van der Waals surface area contributed by atoms with Gasteiger partial charge in [-0.25, -0.2) is 0 Å². The van der Waals surface area contributed by atoms with E-state index in [4.69, 9.17) is 0 Å². The number of carboxylic acids is 1. The van der Waals surface area contributed by atoms with Crippen molar-refractivity contribution in [3.05, 3.63) is 0 Å². The zero-order valence-corrected chi connectivity index (χ0v) is 11.8. The first-order valence-electron chi connectivity index (χ1n) is 7.17. The van der Waals surface area contributed by atoms with Gasteiger partial charge in [0.1, 0.15) is 5.54 Å². The molecule has 4 heteroatoms. The highest BCUT2D eigenvalue weighted by Gasteiger charge is 2.46. The molecule has 0 aromatic rings. The lowest BCUT2D eigenvalue weighted by molar-refractivity contribution is -0.147. The lowest BCUT2D eigenvalue weighted by Crippen LogP contribution is -2.59. The lowest BCUT2D eigenvalue weighted by atomic mass is 9.78. The van der Waals surface area contributed by atoms with E-state index in [0.717, 1.165) is 38.5 Å². The molecular weight excluding hydrogens is 228 g/mol. The van der Waals surface area contributed by atoms with Crippen LogP contribution in [0.4, 0.5) is 0 Å². The molecule has 4 nitrogen and oxygen atoms in total. The van der Waals surface area contributed by atoms with Crippen LogP contribution < -0.4 is 5.32 Å². The summed E-state index contributed by atoms with van der Waals surface area (Å²) in [4.78, 5) is 14.0. The third kappa shape index (κ3) is 2.86. The Kier molecular flexibility index (Phi) is 3.97. The highest BCUT2D eigenvalue weighted by atomic mass is 16.4. The third-order valence-corrected chi connectivity index (χ3v) is 4.58. The summed E-state index contributed by atoms with van der Waals surface area (Å²) in [5.41, 5.74) is -0.673. The van der Waals surface area contributed by atoms with Gasteiger partial charge in [-0.1, -0.05) is 0 Å². The van der Waals surface area contributed by atoms with Crippen LogP contribution in [0.15, 0.2) is 0 Å². The van der Waals surface area contributed by atoms with Crippen LogP contribution in [-0.2, 0) is 4.79 Å². The molecule has 104 valence electrons. The van der Waals surface area contributed by atoms with Crippen LogP contribution in [0.1, 0.15) is 52.4 Å². The quantitative estimate of drug-likeness (QED) is 0.786. The number of carboxylic acid groups (broad SMARTS) is 1. The summed E-state index contributed by atoms with van der Waals surface area (Å²) in [6.45, 7) is 4.34. The normalized spacial score (nSPS) is 33.1. The second kappa shape index (κ2) is 5.17. The van der Waals surface area contributed by atoms with E-state index in [2.05, 4.69) is 31.1 Å². The molecule has 2 rings (SSSR count). The number of carbonyl (C=O) groups is 1. The molecule has 0 aliphatic heterocycles. The fraction of sp³-hybridized carbons (Fsp3) is 0.929. The van der Waals surface area contributed by atoms with E-state index in [-0.39, 0.29) is 0 Å². The molecule has 2 aliphatic carbocycles. The molecule has 2 fully saturated rings. The molecule has 2 unspecified atom stereocenters. The third-order valence-electron chi connectivity index (χ3n) is 4.58. The molecule has 0 saturated heterocycles. The van der Waals surface area contributed by atoms with Gasteiger partial charge in [0.15, 0.2) is 0 Å². The standard InChI is InChI=1S/C14H26N2O2/c1-10(2)16(3)12-5-4-8-14(9-12,13(17)18)15-11-6-7-11/h10-12,15H,4-9H2,1-3H3,(H,17,18). The Hall–Kier alpha value is -0.610. The van der Waals surface area contributed by atoms with E-state index in [0.29, 0.717) is 18.1 Å². The summed E-state index contributed by atoms with van der Waals surface area (Å²) in [5, 5.41) is 13.0. The first kappa shape index (κ1) is 13.8. The van der Waals surface area contributed by atoms with Crippen LogP contribution in [0, 0.1) is 0 Å². The predicted molar refractivity (Wildman–Crippen MR) is 71.7 cm³/mol. The molecule has 0 aromatic carbocycles.